The number of hydrogen-bond acceptors (Lipinski definition) is 5. The molecule has 2 unspecified atom stereocenters. The van der Waals surface area contributed by atoms with Gasteiger partial charge in [-0.05, 0) is 68.1 Å². The van der Waals surface area contributed by atoms with Gasteiger partial charge in [0, 0.05) is 18.0 Å². The number of benzene rings is 1. The van der Waals surface area contributed by atoms with Crippen LogP contribution in [0.5, 0.6) is 0 Å². The standard InChI is InChI=1S/C27H33N3O2S2/c1-17-13-18(2)15-29(14-17)23(31)16-33-27-28-25-24(20-10-5-4-6-12-22(20)34-25)26(32)30(27)21-11-8-7-9-19(21)3/h7-9,11,17-18H,4-6,10,12-16H2,1-3H3. The van der Waals surface area contributed by atoms with E-state index in [1.807, 2.05) is 36.1 Å². The van der Waals surface area contributed by atoms with Crippen molar-refractivity contribution in [2.45, 2.75) is 64.5 Å². The van der Waals surface area contributed by atoms with E-state index < -0.39 is 0 Å². The van der Waals surface area contributed by atoms with Crippen molar-refractivity contribution in [3.05, 3.63) is 50.6 Å². The number of fused-ring (bicyclic) bond motifs is 3. The van der Waals surface area contributed by atoms with Crippen molar-refractivity contribution in [3.63, 3.8) is 0 Å². The lowest BCUT2D eigenvalue weighted by molar-refractivity contribution is -0.130. The molecule has 3 heterocycles. The number of carbonyl (C=O) groups excluding carboxylic acids is 1. The molecule has 1 aliphatic heterocycles. The second kappa shape index (κ2) is 9.86. The van der Waals surface area contributed by atoms with Gasteiger partial charge in [0.05, 0.1) is 16.8 Å². The number of thiophene rings is 1. The van der Waals surface area contributed by atoms with Crippen LogP contribution in [0.1, 0.15) is 55.5 Å². The summed E-state index contributed by atoms with van der Waals surface area (Å²) in [4.78, 5) is 36.3. The minimum Gasteiger partial charge on any atom is -0.341 e. The highest BCUT2D eigenvalue weighted by Gasteiger charge is 2.27. The molecule has 0 spiro atoms. The maximum Gasteiger partial charge on any atom is 0.267 e. The highest BCUT2D eigenvalue weighted by molar-refractivity contribution is 7.99. The molecule has 0 saturated carbocycles. The first-order valence-corrected chi connectivity index (χ1v) is 14.3. The molecule has 1 aliphatic carbocycles. The molecule has 1 fully saturated rings. The molecule has 0 radical (unpaired) electrons. The van der Waals surface area contributed by atoms with Crippen molar-refractivity contribution in [1.29, 1.82) is 0 Å². The Bertz CT molecular complexity index is 1270. The topological polar surface area (TPSA) is 55.2 Å². The zero-order chi connectivity index (χ0) is 23.8. The Kier molecular flexibility index (Phi) is 6.85. The van der Waals surface area contributed by atoms with Crippen LogP contribution in [0.15, 0.2) is 34.2 Å². The third-order valence-corrected chi connectivity index (χ3v) is 9.22. The highest BCUT2D eigenvalue weighted by atomic mass is 32.2. The van der Waals surface area contributed by atoms with Gasteiger partial charge in [-0.25, -0.2) is 4.98 Å². The number of aryl methyl sites for hydroxylation is 3. The minimum absolute atomic E-state index is 0.00821. The van der Waals surface area contributed by atoms with Crippen LogP contribution in [0.4, 0.5) is 0 Å². The molecule has 5 nitrogen and oxygen atoms in total. The van der Waals surface area contributed by atoms with Crippen molar-refractivity contribution in [2.24, 2.45) is 11.8 Å². The summed E-state index contributed by atoms with van der Waals surface area (Å²) in [6, 6.07) is 7.95. The summed E-state index contributed by atoms with van der Waals surface area (Å²) in [5.41, 5.74) is 3.10. The molecule has 2 aromatic heterocycles. The van der Waals surface area contributed by atoms with Crippen molar-refractivity contribution < 1.29 is 4.79 Å². The molecule has 3 aromatic rings. The maximum atomic E-state index is 14.0. The molecular formula is C27H33N3O2S2. The lowest BCUT2D eigenvalue weighted by Crippen LogP contribution is -2.43. The Balaban J connectivity index is 1.55. The number of carbonyl (C=O) groups is 1. The molecular weight excluding hydrogens is 462 g/mol. The average molecular weight is 496 g/mol. The van der Waals surface area contributed by atoms with Crippen molar-refractivity contribution in [1.82, 2.24) is 14.5 Å². The third-order valence-electron chi connectivity index (χ3n) is 7.11. The molecule has 2 aliphatic rings. The summed E-state index contributed by atoms with van der Waals surface area (Å²) in [6.45, 7) is 8.09. The van der Waals surface area contributed by atoms with Crippen LogP contribution in [0.25, 0.3) is 15.9 Å². The summed E-state index contributed by atoms with van der Waals surface area (Å²) >= 11 is 3.08. The molecule has 2 atom stereocenters. The van der Waals surface area contributed by atoms with E-state index in [2.05, 4.69) is 13.8 Å². The van der Waals surface area contributed by atoms with Gasteiger partial charge in [0.25, 0.3) is 5.56 Å². The largest absolute Gasteiger partial charge is 0.341 e. The van der Waals surface area contributed by atoms with Crippen LogP contribution in [0.3, 0.4) is 0 Å². The molecule has 0 N–H and O–H groups in total. The Morgan fingerprint density at radius 3 is 2.62 bits per heavy atom. The summed E-state index contributed by atoms with van der Waals surface area (Å²) in [5, 5.41) is 1.41. The van der Waals surface area contributed by atoms with E-state index in [9.17, 15) is 9.59 Å². The number of hydrogen-bond donors (Lipinski definition) is 0. The van der Waals surface area contributed by atoms with Crippen molar-refractivity contribution in [3.8, 4) is 5.69 Å². The molecule has 34 heavy (non-hydrogen) atoms. The monoisotopic (exact) mass is 495 g/mol. The number of aromatic nitrogens is 2. The van der Waals surface area contributed by atoms with Crippen molar-refractivity contribution >= 4 is 39.2 Å². The number of nitrogens with zero attached hydrogens (tertiary/aromatic N) is 3. The second-order valence-corrected chi connectivity index (χ2v) is 12.1. The molecule has 0 bridgehead atoms. The summed E-state index contributed by atoms with van der Waals surface area (Å²) < 4.78 is 1.76. The van der Waals surface area contributed by atoms with E-state index >= 15 is 0 Å². The Hall–Kier alpha value is -2.12. The number of amides is 1. The van der Waals surface area contributed by atoms with Crippen LogP contribution < -0.4 is 5.56 Å². The number of para-hydroxylation sites is 1. The van der Waals surface area contributed by atoms with Gasteiger partial charge in [0.1, 0.15) is 4.83 Å². The van der Waals surface area contributed by atoms with E-state index in [0.29, 0.717) is 22.7 Å². The van der Waals surface area contributed by atoms with Gasteiger partial charge in [-0.1, -0.05) is 50.2 Å². The molecule has 7 heteroatoms. The Labute approximate surface area is 209 Å². The lowest BCUT2D eigenvalue weighted by Gasteiger charge is -2.35. The van der Waals surface area contributed by atoms with E-state index in [1.165, 1.54) is 41.5 Å². The van der Waals surface area contributed by atoms with Crippen LogP contribution >= 0.6 is 23.1 Å². The summed E-state index contributed by atoms with van der Waals surface area (Å²) in [7, 11) is 0. The average Bonchev–Trinajstić information content (AvgIpc) is 2.99. The van der Waals surface area contributed by atoms with Crippen LogP contribution in [0, 0.1) is 18.8 Å². The number of rotatable bonds is 4. The van der Waals surface area contributed by atoms with Gasteiger partial charge >= 0.3 is 0 Å². The van der Waals surface area contributed by atoms with Crippen LogP contribution in [-0.2, 0) is 17.6 Å². The Morgan fingerprint density at radius 2 is 1.85 bits per heavy atom. The van der Waals surface area contributed by atoms with Gasteiger partial charge in [0.15, 0.2) is 5.16 Å². The minimum atomic E-state index is 0.00821. The van der Waals surface area contributed by atoms with Gasteiger partial charge in [-0.15, -0.1) is 11.3 Å². The number of likely N-dealkylation sites (tertiary alicyclic amines) is 1. The van der Waals surface area contributed by atoms with E-state index in [0.717, 1.165) is 53.8 Å². The maximum absolute atomic E-state index is 14.0. The quantitative estimate of drug-likeness (QED) is 0.268. The smallest absolute Gasteiger partial charge is 0.267 e. The Morgan fingerprint density at radius 1 is 1.12 bits per heavy atom. The predicted molar refractivity (Wildman–Crippen MR) is 141 cm³/mol. The summed E-state index contributed by atoms with van der Waals surface area (Å²) in [5.74, 6) is 1.49. The number of thioether (sulfide) groups is 1. The molecule has 1 saturated heterocycles. The van der Waals surface area contributed by atoms with E-state index in [4.69, 9.17) is 4.98 Å². The summed E-state index contributed by atoms with van der Waals surface area (Å²) in [6.07, 6.45) is 6.68. The van der Waals surface area contributed by atoms with Gasteiger partial charge in [-0.2, -0.15) is 0 Å². The SMILES string of the molecule is Cc1ccccc1-n1c(SCC(=O)N2CC(C)CC(C)C2)nc2sc3c(c2c1=O)CCCCC3. The van der Waals surface area contributed by atoms with Crippen LogP contribution in [0.2, 0.25) is 0 Å². The zero-order valence-electron chi connectivity index (χ0n) is 20.3. The first-order valence-electron chi connectivity index (χ1n) is 12.5. The van der Waals surface area contributed by atoms with E-state index in [1.54, 1.807) is 15.9 Å². The molecule has 5 rings (SSSR count). The normalized spacial score (nSPS) is 20.9. The fourth-order valence-electron chi connectivity index (χ4n) is 5.57. The zero-order valence-corrected chi connectivity index (χ0v) is 21.9. The van der Waals surface area contributed by atoms with Crippen molar-refractivity contribution in [2.75, 3.05) is 18.8 Å². The molecule has 1 aromatic carbocycles. The van der Waals surface area contributed by atoms with Gasteiger partial charge in [0.2, 0.25) is 5.91 Å². The number of piperidine rings is 1. The first kappa shape index (κ1) is 23.6. The fraction of sp³-hybridized carbons (Fsp3) is 0.519. The van der Waals surface area contributed by atoms with Crippen LogP contribution in [-0.4, -0.2) is 39.2 Å². The van der Waals surface area contributed by atoms with Gasteiger partial charge < -0.3 is 4.90 Å². The third kappa shape index (κ3) is 4.57. The second-order valence-electron chi connectivity index (χ2n) is 10.1. The highest BCUT2D eigenvalue weighted by Crippen LogP contribution is 2.35. The molecule has 180 valence electrons. The lowest BCUT2D eigenvalue weighted by atomic mass is 9.92. The fourth-order valence-corrected chi connectivity index (χ4v) is 7.78. The van der Waals surface area contributed by atoms with E-state index in [-0.39, 0.29) is 11.5 Å². The predicted octanol–water partition coefficient (Wildman–Crippen LogP) is 5.62. The van der Waals surface area contributed by atoms with Gasteiger partial charge in [-0.3, -0.25) is 14.2 Å². The molecule has 1 amide bonds. The first-order chi connectivity index (χ1) is 16.4.